The van der Waals surface area contributed by atoms with E-state index in [0.717, 1.165) is 38.0 Å². The van der Waals surface area contributed by atoms with Gasteiger partial charge < -0.3 is 9.47 Å². The average molecular weight is 328 g/mol. The number of aromatic nitrogens is 1. The van der Waals surface area contributed by atoms with Crippen molar-refractivity contribution in [2.75, 3.05) is 14.2 Å². The summed E-state index contributed by atoms with van der Waals surface area (Å²) in [5.41, 5.74) is 2.59. The summed E-state index contributed by atoms with van der Waals surface area (Å²) < 4.78 is 11.8. The van der Waals surface area contributed by atoms with Crippen molar-refractivity contribution >= 4 is 44.6 Å². The van der Waals surface area contributed by atoms with Crippen molar-refractivity contribution in [3.05, 3.63) is 36.4 Å². The molecule has 22 heavy (non-hydrogen) atoms. The lowest BCUT2D eigenvalue weighted by atomic mass is 10.2. The highest BCUT2D eigenvalue weighted by Gasteiger charge is 2.14. The van der Waals surface area contributed by atoms with Gasteiger partial charge in [-0.3, -0.25) is 0 Å². The molecule has 6 heteroatoms. The summed E-state index contributed by atoms with van der Waals surface area (Å²) in [6.45, 7) is 0. The van der Waals surface area contributed by atoms with Crippen LogP contribution in [0.1, 0.15) is 0 Å². The summed E-state index contributed by atoms with van der Waals surface area (Å²) in [7, 11) is 3.29. The van der Waals surface area contributed by atoms with Gasteiger partial charge in [0, 0.05) is 5.56 Å². The predicted octanol–water partition coefficient (Wildman–Crippen LogP) is 4.71. The van der Waals surface area contributed by atoms with Crippen LogP contribution in [0.15, 0.2) is 41.4 Å². The molecule has 0 saturated heterocycles. The van der Waals surface area contributed by atoms with Crippen molar-refractivity contribution in [2.45, 2.75) is 0 Å². The van der Waals surface area contributed by atoms with Gasteiger partial charge >= 0.3 is 0 Å². The molecule has 2 aromatic carbocycles. The first-order valence-corrected chi connectivity index (χ1v) is 7.69. The van der Waals surface area contributed by atoms with Crippen molar-refractivity contribution in [1.29, 1.82) is 0 Å². The summed E-state index contributed by atoms with van der Waals surface area (Å²) in [6.07, 6.45) is 0. The van der Waals surface area contributed by atoms with Crippen LogP contribution >= 0.6 is 23.6 Å². The number of hydrogen-bond donors (Lipinski definition) is 0. The Hall–Kier alpha value is -2.27. The van der Waals surface area contributed by atoms with E-state index in [-0.39, 0.29) is 0 Å². The number of rotatable bonds is 4. The Morgan fingerprint density at radius 2 is 1.73 bits per heavy atom. The van der Waals surface area contributed by atoms with Gasteiger partial charge in [0.2, 0.25) is 0 Å². The third-order valence-corrected chi connectivity index (χ3v) is 4.41. The van der Waals surface area contributed by atoms with Crippen molar-refractivity contribution in [3.8, 4) is 22.1 Å². The summed E-state index contributed by atoms with van der Waals surface area (Å²) >= 11 is 6.17. The molecule has 0 N–H and O–H groups in total. The van der Waals surface area contributed by atoms with Crippen LogP contribution in [-0.2, 0) is 0 Å². The smallest absolute Gasteiger partial charge is 0.146 e. The van der Waals surface area contributed by atoms with Crippen LogP contribution in [0, 0.1) is 0 Å². The number of benzene rings is 2. The van der Waals surface area contributed by atoms with Gasteiger partial charge in [-0.05, 0) is 48.6 Å². The van der Waals surface area contributed by atoms with Crippen molar-refractivity contribution in [2.24, 2.45) is 4.99 Å². The second-order valence-corrected chi connectivity index (χ2v) is 5.60. The van der Waals surface area contributed by atoms with Crippen LogP contribution in [0.2, 0.25) is 0 Å². The van der Waals surface area contributed by atoms with E-state index >= 15 is 0 Å². The molecular weight excluding hydrogens is 316 g/mol. The zero-order valence-corrected chi connectivity index (χ0v) is 13.6. The van der Waals surface area contributed by atoms with Gasteiger partial charge in [0.05, 0.1) is 25.1 Å². The summed E-state index contributed by atoms with van der Waals surface area (Å²) in [4.78, 5) is 8.63. The molecular formula is C16H12N2O2S2. The van der Waals surface area contributed by atoms with E-state index in [2.05, 4.69) is 27.4 Å². The third kappa shape index (κ3) is 2.60. The van der Waals surface area contributed by atoms with Crippen LogP contribution in [0.25, 0.3) is 20.8 Å². The molecule has 0 aliphatic carbocycles. The molecule has 0 saturated carbocycles. The number of aliphatic imine (C=N–C) groups is 1. The Bertz CT molecular complexity index is 825. The minimum Gasteiger partial charge on any atom is -0.495 e. The number of fused-ring (bicyclic) bond motifs is 1. The van der Waals surface area contributed by atoms with Crippen molar-refractivity contribution in [3.63, 3.8) is 0 Å². The van der Waals surface area contributed by atoms with Crippen LogP contribution in [0.4, 0.5) is 5.69 Å². The molecule has 0 aliphatic rings. The zero-order chi connectivity index (χ0) is 15.5. The van der Waals surface area contributed by atoms with E-state index in [1.165, 1.54) is 0 Å². The molecule has 3 aromatic rings. The molecule has 0 fully saturated rings. The summed E-state index contributed by atoms with van der Waals surface area (Å²) in [6, 6.07) is 11.4. The van der Waals surface area contributed by atoms with E-state index in [1.54, 1.807) is 25.6 Å². The number of nitrogens with zero attached hydrogens (tertiary/aromatic N) is 2. The molecule has 1 heterocycles. The molecule has 0 unspecified atom stereocenters. The Labute approximate surface area is 137 Å². The fraction of sp³-hybridized carbons (Fsp3) is 0.125. The first kappa shape index (κ1) is 14.7. The van der Waals surface area contributed by atoms with Crippen LogP contribution in [0.5, 0.6) is 11.5 Å². The largest absolute Gasteiger partial charge is 0.495 e. The highest BCUT2D eigenvalue weighted by atomic mass is 32.1. The molecule has 0 radical (unpaired) electrons. The van der Waals surface area contributed by atoms with Gasteiger partial charge in [-0.2, -0.15) is 4.99 Å². The molecule has 110 valence electrons. The lowest BCUT2D eigenvalue weighted by Crippen LogP contribution is -1.87. The Balaban J connectivity index is 2.13. The molecule has 0 aliphatic heterocycles. The standard InChI is InChI=1S/C16H12N2O2S2/c1-19-12-7-8-13(20-2)15-14(12)18-16(22-15)10-3-5-11(6-4-10)17-9-21/h3-8H,1-2H3. The number of thiazole rings is 1. The van der Waals surface area contributed by atoms with Gasteiger partial charge in [0.1, 0.15) is 26.7 Å². The number of thiocarbonyl (C=S) groups is 1. The molecule has 3 rings (SSSR count). The van der Waals surface area contributed by atoms with Gasteiger partial charge in [-0.25, -0.2) is 4.98 Å². The fourth-order valence-electron chi connectivity index (χ4n) is 2.14. The number of ether oxygens (including phenoxy) is 2. The summed E-state index contributed by atoms with van der Waals surface area (Å²) in [5.74, 6) is 1.53. The van der Waals surface area contributed by atoms with Crippen LogP contribution < -0.4 is 9.47 Å². The SMILES string of the molecule is COc1ccc(OC)c2sc(-c3ccc(N=C=S)cc3)nc12. The van der Waals surface area contributed by atoms with Gasteiger partial charge in [-0.1, -0.05) is 0 Å². The second-order valence-electron chi connectivity index (χ2n) is 4.42. The van der Waals surface area contributed by atoms with E-state index in [9.17, 15) is 0 Å². The van der Waals surface area contributed by atoms with Crippen molar-refractivity contribution in [1.82, 2.24) is 4.98 Å². The van der Waals surface area contributed by atoms with E-state index in [0.29, 0.717) is 0 Å². The molecule has 0 bridgehead atoms. The van der Waals surface area contributed by atoms with E-state index < -0.39 is 0 Å². The topological polar surface area (TPSA) is 43.7 Å². The molecule has 0 atom stereocenters. The van der Waals surface area contributed by atoms with Gasteiger partial charge in [-0.15, -0.1) is 11.3 Å². The summed E-state index contributed by atoms with van der Waals surface area (Å²) in [5, 5.41) is 3.26. The average Bonchev–Trinajstić information content (AvgIpc) is 3.00. The van der Waals surface area contributed by atoms with E-state index in [4.69, 9.17) is 9.47 Å². The minimum absolute atomic E-state index is 0.736. The Kier molecular flexibility index (Phi) is 4.15. The highest BCUT2D eigenvalue weighted by molar-refractivity contribution is 7.78. The number of isothiocyanates is 1. The Morgan fingerprint density at radius 3 is 2.36 bits per heavy atom. The van der Waals surface area contributed by atoms with Gasteiger partial charge in [0.15, 0.2) is 0 Å². The third-order valence-electron chi connectivity index (χ3n) is 3.20. The molecule has 1 aromatic heterocycles. The number of hydrogen-bond acceptors (Lipinski definition) is 6. The highest BCUT2D eigenvalue weighted by Crippen LogP contribution is 2.40. The lowest BCUT2D eigenvalue weighted by Gasteiger charge is -2.03. The quantitative estimate of drug-likeness (QED) is 0.514. The molecule has 4 nitrogen and oxygen atoms in total. The predicted molar refractivity (Wildman–Crippen MR) is 92.8 cm³/mol. The molecule has 0 spiro atoms. The van der Waals surface area contributed by atoms with E-state index in [1.807, 2.05) is 36.4 Å². The number of methoxy groups -OCH3 is 2. The van der Waals surface area contributed by atoms with Gasteiger partial charge in [0.25, 0.3) is 0 Å². The van der Waals surface area contributed by atoms with Crippen LogP contribution in [0.3, 0.4) is 0 Å². The van der Waals surface area contributed by atoms with Crippen molar-refractivity contribution < 1.29 is 9.47 Å². The first-order chi connectivity index (χ1) is 10.8. The van der Waals surface area contributed by atoms with Crippen LogP contribution in [-0.4, -0.2) is 24.4 Å². The minimum atomic E-state index is 0.736. The molecule has 0 amide bonds. The normalized spacial score (nSPS) is 10.3. The monoisotopic (exact) mass is 328 g/mol. The maximum Gasteiger partial charge on any atom is 0.146 e. The maximum absolute atomic E-state index is 5.41. The lowest BCUT2D eigenvalue weighted by molar-refractivity contribution is 0.410. The Morgan fingerprint density at radius 1 is 1.05 bits per heavy atom. The second kappa shape index (κ2) is 6.23. The first-order valence-electron chi connectivity index (χ1n) is 6.46. The zero-order valence-electron chi connectivity index (χ0n) is 12.0. The fourth-order valence-corrected chi connectivity index (χ4v) is 3.32. The maximum atomic E-state index is 5.41.